The molecule has 2 aromatic rings. The third-order valence-corrected chi connectivity index (χ3v) is 4.89. The van der Waals surface area contributed by atoms with E-state index in [4.69, 9.17) is 0 Å². The van der Waals surface area contributed by atoms with Gasteiger partial charge in [0.25, 0.3) is 0 Å². The zero-order chi connectivity index (χ0) is 18.4. The predicted octanol–water partition coefficient (Wildman–Crippen LogP) is 4.56. The van der Waals surface area contributed by atoms with Crippen LogP contribution in [-0.4, -0.2) is 11.8 Å². The molecule has 4 heteroatoms. The second-order valence-corrected chi connectivity index (χ2v) is 6.93. The van der Waals surface area contributed by atoms with Crippen molar-refractivity contribution in [1.82, 2.24) is 0 Å². The highest BCUT2D eigenvalue weighted by Crippen LogP contribution is 2.27. The van der Waals surface area contributed by atoms with Crippen LogP contribution in [0, 0.1) is 5.92 Å². The second kappa shape index (κ2) is 8.65. The molecule has 0 saturated heterocycles. The number of benzene rings is 2. The minimum Gasteiger partial charge on any atom is -0.326 e. The summed E-state index contributed by atoms with van der Waals surface area (Å²) in [5.41, 5.74) is 4.14. The van der Waals surface area contributed by atoms with E-state index < -0.39 is 0 Å². The van der Waals surface area contributed by atoms with E-state index in [-0.39, 0.29) is 17.7 Å². The molecule has 0 fully saturated rings. The van der Waals surface area contributed by atoms with E-state index >= 15 is 0 Å². The molecule has 0 saturated carbocycles. The summed E-state index contributed by atoms with van der Waals surface area (Å²) in [6.45, 7) is 2.18. The van der Waals surface area contributed by atoms with Crippen molar-refractivity contribution in [1.29, 1.82) is 0 Å². The quantitative estimate of drug-likeness (QED) is 0.769. The fourth-order valence-electron chi connectivity index (χ4n) is 3.31. The molecule has 1 unspecified atom stereocenters. The Morgan fingerprint density at radius 1 is 1.15 bits per heavy atom. The molecular weight excluding hydrogens is 324 g/mol. The van der Waals surface area contributed by atoms with E-state index in [2.05, 4.69) is 29.7 Å². The number of unbranched alkanes of at least 4 members (excludes halogenated alkanes) is 1. The number of anilines is 2. The molecule has 26 heavy (non-hydrogen) atoms. The predicted molar refractivity (Wildman–Crippen MR) is 105 cm³/mol. The Hall–Kier alpha value is -2.62. The van der Waals surface area contributed by atoms with Gasteiger partial charge in [-0.1, -0.05) is 43.7 Å². The average molecular weight is 350 g/mol. The molecule has 2 aromatic carbocycles. The molecule has 3 rings (SSSR count). The van der Waals surface area contributed by atoms with Crippen molar-refractivity contribution in [2.45, 2.75) is 45.4 Å². The molecule has 1 aliphatic heterocycles. The van der Waals surface area contributed by atoms with Crippen molar-refractivity contribution in [2.24, 2.45) is 5.92 Å². The van der Waals surface area contributed by atoms with Crippen LogP contribution >= 0.6 is 0 Å². The monoisotopic (exact) mass is 350 g/mol. The number of rotatable bonds is 7. The SMILES string of the molecule is CCCCc1ccc(NC(=O)CCC2Cc3ccccc3NC2=O)cc1. The zero-order valence-electron chi connectivity index (χ0n) is 15.3. The van der Waals surface area contributed by atoms with Gasteiger partial charge in [-0.2, -0.15) is 0 Å². The number of hydrogen-bond donors (Lipinski definition) is 2. The minimum absolute atomic E-state index is 0.0109. The van der Waals surface area contributed by atoms with E-state index in [9.17, 15) is 9.59 Å². The van der Waals surface area contributed by atoms with Gasteiger partial charge in [-0.05, 0) is 55.0 Å². The summed E-state index contributed by atoms with van der Waals surface area (Å²) in [7, 11) is 0. The maximum absolute atomic E-state index is 12.2. The van der Waals surface area contributed by atoms with E-state index in [0.717, 1.165) is 23.4 Å². The van der Waals surface area contributed by atoms with Crippen LogP contribution in [-0.2, 0) is 22.4 Å². The van der Waals surface area contributed by atoms with Gasteiger partial charge in [0.2, 0.25) is 11.8 Å². The number of fused-ring (bicyclic) bond motifs is 1. The summed E-state index contributed by atoms with van der Waals surface area (Å²) < 4.78 is 0. The summed E-state index contributed by atoms with van der Waals surface area (Å²) in [6.07, 6.45) is 5.03. The first kappa shape index (κ1) is 18.2. The Balaban J connectivity index is 1.49. The van der Waals surface area contributed by atoms with Gasteiger partial charge in [-0.3, -0.25) is 9.59 Å². The highest BCUT2D eigenvalue weighted by atomic mass is 16.2. The molecule has 2 N–H and O–H groups in total. The highest BCUT2D eigenvalue weighted by Gasteiger charge is 2.26. The molecule has 0 radical (unpaired) electrons. The molecule has 1 atom stereocenters. The number of carbonyl (C=O) groups is 2. The number of aryl methyl sites for hydroxylation is 1. The Bertz CT molecular complexity index is 768. The van der Waals surface area contributed by atoms with Gasteiger partial charge in [0.15, 0.2) is 0 Å². The van der Waals surface area contributed by atoms with Crippen LogP contribution in [0.4, 0.5) is 11.4 Å². The Morgan fingerprint density at radius 3 is 2.69 bits per heavy atom. The number of hydrogen-bond acceptors (Lipinski definition) is 2. The highest BCUT2D eigenvalue weighted by molar-refractivity contribution is 5.96. The van der Waals surface area contributed by atoms with E-state index in [1.165, 1.54) is 18.4 Å². The van der Waals surface area contributed by atoms with E-state index in [1.807, 2.05) is 36.4 Å². The van der Waals surface area contributed by atoms with Crippen LogP contribution in [0.1, 0.15) is 43.7 Å². The summed E-state index contributed by atoms with van der Waals surface area (Å²) >= 11 is 0. The molecule has 0 aromatic heterocycles. The molecule has 4 nitrogen and oxygen atoms in total. The molecule has 2 amide bonds. The lowest BCUT2D eigenvalue weighted by Gasteiger charge is -2.24. The van der Waals surface area contributed by atoms with Gasteiger partial charge in [0, 0.05) is 23.7 Å². The van der Waals surface area contributed by atoms with Crippen LogP contribution in [0.3, 0.4) is 0 Å². The summed E-state index contributed by atoms with van der Waals surface area (Å²) in [5.74, 6) is -0.179. The molecule has 0 spiro atoms. The van der Waals surface area contributed by atoms with Crippen LogP contribution in [0.5, 0.6) is 0 Å². The first-order chi connectivity index (χ1) is 12.7. The van der Waals surface area contributed by atoms with Gasteiger partial charge in [0.1, 0.15) is 0 Å². The Morgan fingerprint density at radius 2 is 1.92 bits per heavy atom. The zero-order valence-corrected chi connectivity index (χ0v) is 15.3. The lowest BCUT2D eigenvalue weighted by atomic mass is 9.89. The Labute approximate surface area is 155 Å². The van der Waals surface area contributed by atoms with Crippen LogP contribution in [0.15, 0.2) is 48.5 Å². The van der Waals surface area contributed by atoms with Crippen molar-refractivity contribution >= 4 is 23.2 Å². The molecule has 1 aliphatic rings. The van der Waals surface area contributed by atoms with Crippen molar-refractivity contribution in [3.8, 4) is 0 Å². The van der Waals surface area contributed by atoms with Crippen LogP contribution in [0.25, 0.3) is 0 Å². The normalized spacial score (nSPS) is 15.9. The van der Waals surface area contributed by atoms with Gasteiger partial charge >= 0.3 is 0 Å². The summed E-state index contributed by atoms with van der Waals surface area (Å²) in [6, 6.07) is 15.9. The average Bonchev–Trinajstić information content (AvgIpc) is 2.66. The van der Waals surface area contributed by atoms with Crippen LogP contribution in [0.2, 0.25) is 0 Å². The third-order valence-electron chi connectivity index (χ3n) is 4.89. The summed E-state index contributed by atoms with van der Waals surface area (Å²) in [5, 5.41) is 5.86. The number of carbonyl (C=O) groups excluding carboxylic acids is 2. The van der Waals surface area contributed by atoms with Gasteiger partial charge in [0.05, 0.1) is 0 Å². The molecule has 0 bridgehead atoms. The largest absolute Gasteiger partial charge is 0.326 e. The van der Waals surface area contributed by atoms with Gasteiger partial charge in [-0.25, -0.2) is 0 Å². The van der Waals surface area contributed by atoms with Gasteiger partial charge < -0.3 is 10.6 Å². The van der Waals surface area contributed by atoms with E-state index in [1.54, 1.807) is 0 Å². The lowest BCUT2D eigenvalue weighted by Crippen LogP contribution is -2.30. The number of amides is 2. The molecule has 1 heterocycles. The van der Waals surface area contributed by atoms with Crippen LogP contribution < -0.4 is 10.6 Å². The Kier molecular flexibility index (Phi) is 6.05. The first-order valence-electron chi connectivity index (χ1n) is 9.43. The smallest absolute Gasteiger partial charge is 0.227 e. The topological polar surface area (TPSA) is 58.2 Å². The van der Waals surface area contributed by atoms with Gasteiger partial charge in [-0.15, -0.1) is 0 Å². The van der Waals surface area contributed by atoms with E-state index in [0.29, 0.717) is 19.3 Å². The van der Waals surface area contributed by atoms with Crippen molar-refractivity contribution < 1.29 is 9.59 Å². The molecular formula is C22H26N2O2. The van der Waals surface area contributed by atoms with Crippen molar-refractivity contribution in [3.05, 3.63) is 59.7 Å². The van der Waals surface area contributed by atoms with Crippen molar-refractivity contribution in [2.75, 3.05) is 10.6 Å². The number of para-hydroxylation sites is 1. The van der Waals surface area contributed by atoms with Crippen molar-refractivity contribution in [3.63, 3.8) is 0 Å². The fourth-order valence-corrected chi connectivity index (χ4v) is 3.31. The standard InChI is InChI=1S/C22H26N2O2/c1-2-3-6-16-9-12-19(13-10-16)23-21(25)14-11-18-15-17-7-4-5-8-20(17)24-22(18)26/h4-5,7-10,12-13,18H,2-3,6,11,14-15H2,1H3,(H,23,25)(H,24,26). The minimum atomic E-state index is -0.146. The summed E-state index contributed by atoms with van der Waals surface area (Å²) in [4.78, 5) is 24.4. The fraction of sp³-hybridized carbons (Fsp3) is 0.364. The number of nitrogens with one attached hydrogen (secondary N) is 2. The first-order valence-corrected chi connectivity index (χ1v) is 9.43. The third kappa shape index (κ3) is 4.72. The maximum Gasteiger partial charge on any atom is 0.227 e. The molecule has 0 aliphatic carbocycles. The second-order valence-electron chi connectivity index (χ2n) is 6.93. The maximum atomic E-state index is 12.2. The lowest BCUT2D eigenvalue weighted by molar-refractivity contribution is -0.121. The molecule has 136 valence electrons.